The fraction of sp³-hybridized carbons (Fsp3) is 0.348. The third kappa shape index (κ3) is 5.29. The predicted octanol–water partition coefficient (Wildman–Crippen LogP) is 2.91. The third-order valence-corrected chi connectivity index (χ3v) is 6.06. The van der Waals surface area contributed by atoms with Gasteiger partial charge in [0, 0.05) is 12.0 Å². The molecule has 0 unspecified atom stereocenters. The molecule has 0 spiro atoms. The number of carbonyl (C=O) groups is 1. The van der Waals surface area contributed by atoms with E-state index >= 15 is 0 Å². The summed E-state index contributed by atoms with van der Waals surface area (Å²) in [5.74, 6) is 2.07. The first-order chi connectivity index (χ1) is 14.5. The first kappa shape index (κ1) is 22.1. The Morgan fingerprint density at radius 1 is 1.10 bits per heavy atom. The van der Waals surface area contributed by atoms with Gasteiger partial charge in [0.25, 0.3) is 0 Å². The molecule has 1 N–H and O–H groups in total. The van der Waals surface area contributed by atoms with E-state index in [2.05, 4.69) is 47.9 Å². The molecule has 3 aromatic rings. The Morgan fingerprint density at radius 2 is 1.80 bits per heavy atom. The maximum atomic E-state index is 12.7. The van der Waals surface area contributed by atoms with Gasteiger partial charge in [0.15, 0.2) is 16.8 Å². The van der Waals surface area contributed by atoms with E-state index in [0.29, 0.717) is 17.9 Å². The Morgan fingerprint density at radius 3 is 2.40 bits per heavy atom. The maximum absolute atomic E-state index is 12.7. The average molecular weight is 426 g/mol. The zero-order valence-electron chi connectivity index (χ0n) is 18.0. The normalized spacial score (nSPS) is 12.2. The Bertz CT molecular complexity index is 955. The lowest BCUT2D eigenvalue weighted by molar-refractivity contribution is -0.893. The number of ketones is 1. The zero-order chi connectivity index (χ0) is 21.5. The van der Waals surface area contributed by atoms with Crippen LogP contribution in [-0.4, -0.2) is 47.5 Å². The van der Waals surface area contributed by atoms with E-state index in [1.54, 1.807) is 31.4 Å². The van der Waals surface area contributed by atoms with Crippen molar-refractivity contribution in [2.75, 3.05) is 27.0 Å². The molecule has 158 valence electrons. The summed E-state index contributed by atoms with van der Waals surface area (Å²) in [6.07, 6.45) is 0.963. The summed E-state index contributed by atoms with van der Waals surface area (Å²) < 4.78 is 7.32. The van der Waals surface area contributed by atoms with Crippen molar-refractivity contribution < 1.29 is 14.4 Å². The fourth-order valence-corrected chi connectivity index (χ4v) is 4.26. The van der Waals surface area contributed by atoms with Gasteiger partial charge in [-0.25, -0.2) is 0 Å². The number of benzene rings is 2. The molecule has 0 radical (unpaired) electrons. The summed E-state index contributed by atoms with van der Waals surface area (Å²) in [5.41, 5.74) is 1.85. The Balaban J connectivity index is 1.82. The van der Waals surface area contributed by atoms with Gasteiger partial charge in [0.1, 0.15) is 11.8 Å². The summed E-state index contributed by atoms with van der Waals surface area (Å²) in [7, 11) is 5.88. The van der Waals surface area contributed by atoms with Crippen molar-refractivity contribution in [3.63, 3.8) is 0 Å². The number of aromatic nitrogens is 3. The monoisotopic (exact) mass is 425 g/mol. The molecule has 1 aromatic heterocycles. The number of quaternary nitrogens is 1. The van der Waals surface area contributed by atoms with E-state index in [1.165, 1.54) is 22.2 Å². The lowest BCUT2D eigenvalue weighted by Crippen LogP contribution is -3.06. The molecule has 7 heteroatoms. The van der Waals surface area contributed by atoms with Crippen LogP contribution in [-0.2, 0) is 6.54 Å². The number of methoxy groups -OCH3 is 1. The molecule has 0 amide bonds. The van der Waals surface area contributed by atoms with Gasteiger partial charge in [-0.05, 0) is 29.8 Å². The van der Waals surface area contributed by atoms with Gasteiger partial charge in [0.05, 0.1) is 33.5 Å². The van der Waals surface area contributed by atoms with Crippen LogP contribution in [0.15, 0.2) is 59.8 Å². The van der Waals surface area contributed by atoms with Gasteiger partial charge in [-0.2, -0.15) is 0 Å². The molecule has 1 atom stereocenters. The number of nitrogens with one attached hydrogen (secondary N) is 1. The van der Waals surface area contributed by atoms with Gasteiger partial charge in [-0.1, -0.05) is 49.0 Å². The number of carbonyl (C=O) groups excluding carboxylic acids is 1. The number of thioether (sulfide) groups is 1. The summed E-state index contributed by atoms with van der Waals surface area (Å²) in [4.78, 5) is 14.0. The van der Waals surface area contributed by atoms with E-state index < -0.39 is 0 Å². The van der Waals surface area contributed by atoms with Crippen LogP contribution in [0.5, 0.6) is 5.75 Å². The minimum absolute atomic E-state index is 0.0590. The largest absolute Gasteiger partial charge is 0.497 e. The molecule has 0 bridgehead atoms. The van der Waals surface area contributed by atoms with E-state index in [4.69, 9.17) is 4.74 Å². The molecule has 0 saturated carbocycles. The minimum atomic E-state index is 0.0590. The van der Waals surface area contributed by atoms with Crippen LogP contribution in [0.1, 0.15) is 41.1 Å². The van der Waals surface area contributed by atoms with Crippen molar-refractivity contribution in [2.24, 2.45) is 0 Å². The number of hydrogen-bond donors (Lipinski definition) is 1. The van der Waals surface area contributed by atoms with Crippen LogP contribution < -0.4 is 9.64 Å². The molecular weight excluding hydrogens is 396 g/mol. The molecule has 2 aromatic carbocycles. The van der Waals surface area contributed by atoms with Crippen molar-refractivity contribution in [3.8, 4) is 5.75 Å². The number of ether oxygens (including phenoxy) is 1. The molecule has 0 saturated heterocycles. The molecule has 0 aliphatic carbocycles. The van der Waals surface area contributed by atoms with Crippen LogP contribution in [0.3, 0.4) is 0 Å². The first-order valence-corrected chi connectivity index (χ1v) is 11.1. The highest BCUT2D eigenvalue weighted by atomic mass is 32.2. The Kier molecular flexibility index (Phi) is 7.65. The molecule has 3 rings (SSSR count). The Labute approximate surface area is 182 Å². The van der Waals surface area contributed by atoms with Crippen molar-refractivity contribution in [3.05, 3.63) is 71.5 Å². The summed E-state index contributed by atoms with van der Waals surface area (Å²) in [5, 5.41) is 9.74. The predicted molar refractivity (Wildman–Crippen MR) is 119 cm³/mol. The number of rotatable bonds is 10. The van der Waals surface area contributed by atoms with Crippen LogP contribution >= 0.6 is 11.8 Å². The van der Waals surface area contributed by atoms with E-state index in [-0.39, 0.29) is 11.8 Å². The second-order valence-corrected chi connectivity index (χ2v) is 8.33. The molecule has 0 aliphatic heterocycles. The van der Waals surface area contributed by atoms with E-state index in [1.807, 2.05) is 18.2 Å². The summed E-state index contributed by atoms with van der Waals surface area (Å²) in [6, 6.07) is 17.7. The van der Waals surface area contributed by atoms with Crippen molar-refractivity contribution in [1.82, 2.24) is 14.8 Å². The van der Waals surface area contributed by atoms with Crippen LogP contribution in [0.4, 0.5) is 0 Å². The number of Topliss-reactive ketones (excluding diaryl/α,β-unsaturated/α-hetero) is 1. The van der Waals surface area contributed by atoms with Crippen LogP contribution in [0, 0.1) is 0 Å². The van der Waals surface area contributed by atoms with E-state index in [9.17, 15) is 4.79 Å². The molecule has 0 fully saturated rings. The van der Waals surface area contributed by atoms with Gasteiger partial charge in [0.2, 0.25) is 0 Å². The van der Waals surface area contributed by atoms with Crippen LogP contribution in [0.25, 0.3) is 0 Å². The van der Waals surface area contributed by atoms with Crippen molar-refractivity contribution in [1.29, 1.82) is 0 Å². The highest BCUT2D eigenvalue weighted by molar-refractivity contribution is 7.99. The van der Waals surface area contributed by atoms with Gasteiger partial charge >= 0.3 is 0 Å². The quantitative estimate of drug-likeness (QED) is 0.400. The maximum Gasteiger partial charge on any atom is 0.192 e. The van der Waals surface area contributed by atoms with Gasteiger partial charge in [-0.3, -0.25) is 9.36 Å². The average Bonchev–Trinajstić information content (AvgIpc) is 3.15. The molecule has 6 nitrogen and oxygen atoms in total. The topological polar surface area (TPSA) is 61.4 Å². The molecule has 1 heterocycles. The van der Waals surface area contributed by atoms with Gasteiger partial charge < -0.3 is 9.64 Å². The lowest BCUT2D eigenvalue weighted by Gasteiger charge is -2.20. The third-order valence-electron chi connectivity index (χ3n) is 5.09. The van der Waals surface area contributed by atoms with E-state index in [0.717, 1.165) is 23.2 Å². The number of nitrogens with zero attached hydrogens (tertiary/aromatic N) is 3. The highest BCUT2D eigenvalue weighted by Gasteiger charge is 2.25. The minimum Gasteiger partial charge on any atom is -0.497 e. The van der Waals surface area contributed by atoms with Gasteiger partial charge in [-0.15, -0.1) is 10.2 Å². The smallest absolute Gasteiger partial charge is 0.192 e. The lowest BCUT2D eigenvalue weighted by atomic mass is 10.1. The molecule has 30 heavy (non-hydrogen) atoms. The second-order valence-electron chi connectivity index (χ2n) is 7.39. The fourth-order valence-electron chi connectivity index (χ4n) is 3.42. The standard InChI is InChI=1S/C23H28N4O2S/c1-5-20(26(2)3)22-24-25-23(27(22)15-17-9-7-6-8-10-17)30-16-21(28)18-11-13-19(29-4)14-12-18/h6-14,20H,5,15-16H2,1-4H3/p+1/t20-/m1/s1. The zero-order valence-corrected chi connectivity index (χ0v) is 18.8. The summed E-state index contributed by atoms with van der Waals surface area (Å²) in [6.45, 7) is 2.85. The Hall–Kier alpha value is -2.64. The highest BCUT2D eigenvalue weighted by Crippen LogP contribution is 2.23. The SMILES string of the molecule is CC[C@H](c1nnc(SCC(=O)c2ccc(OC)cc2)n1Cc1ccccc1)[NH+](C)C. The molecule has 0 aliphatic rings. The number of hydrogen-bond acceptors (Lipinski definition) is 5. The first-order valence-electron chi connectivity index (χ1n) is 10.1. The van der Waals surface area contributed by atoms with Crippen molar-refractivity contribution >= 4 is 17.5 Å². The van der Waals surface area contributed by atoms with Crippen molar-refractivity contribution in [2.45, 2.75) is 31.1 Å². The molecular formula is C23H29N4O2S+. The van der Waals surface area contributed by atoms with Crippen LogP contribution in [0.2, 0.25) is 0 Å². The summed E-state index contributed by atoms with van der Waals surface area (Å²) >= 11 is 1.44. The second kappa shape index (κ2) is 10.4.